The van der Waals surface area contributed by atoms with Crippen LogP contribution in [0.3, 0.4) is 0 Å². The molecule has 4 nitrogen and oxygen atoms in total. The molecule has 0 radical (unpaired) electrons. The van der Waals surface area contributed by atoms with Gasteiger partial charge in [-0.2, -0.15) is 0 Å². The molecule has 0 atom stereocenters. The molecule has 0 saturated heterocycles. The van der Waals surface area contributed by atoms with Gasteiger partial charge in [0.25, 0.3) is 0 Å². The van der Waals surface area contributed by atoms with Gasteiger partial charge in [0.05, 0.1) is 12.7 Å². The number of nitrogens with one attached hydrogen (secondary N) is 1. The topological polar surface area (TPSA) is 38.0 Å². The van der Waals surface area contributed by atoms with Crippen LogP contribution < -0.4 is 14.0 Å². The van der Waals surface area contributed by atoms with Gasteiger partial charge in [-0.05, 0) is 53.5 Å². The molecule has 136 valence electrons. The van der Waals surface area contributed by atoms with E-state index in [2.05, 4.69) is 21.4 Å². The van der Waals surface area contributed by atoms with E-state index in [1.165, 1.54) is 0 Å². The molecule has 0 bridgehead atoms. The minimum Gasteiger partial charge on any atom is -0.497 e. The number of aromatic nitrogens is 2. The van der Waals surface area contributed by atoms with E-state index in [1.54, 1.807) is 18.6 Å². The van der Waals surface area contributed by atoms with E-state index in [1.807, 2.05) is 72.8 Å². The molecule has 1 N–H and O–H groups in total. The molecule has 0 fully saturated rings. The maximum atomic E-state index is 5.27. The van der Waals surface area contributed by atoms with Gasteiger partial charge in [0.2, 0.25) is 0 Å². The summed E-state index contributed by atoms with van der Waals surface area (Å²) in [7, 11) is 1.67. The van der Waals surface area contributed by atoms with Crippen molar-refractivity contribution in [3.8, 4) is 22.8 Å². The zero-order valence-electron chi connectivity index (χ0n) is 14.7. The maximum absolute atomic E-state index is 5.27. The van der Waals surface area contributed by atoms with Crippen LogP contribution in [0.25, 0.3) is 17.1 Å². The van der Waals surface area contributed by atoms with Crippen LogP contribution in [0.4, 0.5) is 10.8 Å². The molecular weight excluding hydrogens is 422 g/mol. The molecule has 0 amide bonds. The number of halogens is 1. The van der Waals surface area contributed by atoms with Crippen LogP contribution in [0, 0.1) is 0 Å². The number of rotatable bonds is 5. The lowest BCUT2D eigenvalue weighted by atomic mass is 10.2. The molecule has 0 aliphatic carbocycles. The number of para-hydroxylation sites is 2. The van der Waals surface area contributed by atoms with E-state index in [4.69, 9.17) is 9.72 Å². The van der Waals surface area contributed by atoms with Crippen molar-refractivity contribution >= 4 is 39.3 Å². The Morgan fingerprint density at radius 2 is 1.48 bits per heavy atom. The SMILES string of the molecule is Br.COc1ccc(-c2nc(Nc3ccccc3)s[n+]2-c2ccccc2)cc1. The van der Waals surface area contributed by atoms with Gasteiger partial charge in [-0.15, -0.1) is 20.9 Å². The van der Waals surface area contributed by atoms with Gasteiger partial charge in [-0.3, -0.25) is 0 Å². The minimum atomic E-state index is 0. The van der Waals surface area contributed by atoms with E-state index in [-0.39, 0.29) is 17.0 Å². The van der Waals surface area contributed by atoms with Crippen LogP contribution >= 0.6 is 28.5 Å². The zero-order valence-corrected chi connectivity index (χ0v) is 17.2. The van der Waals surface area contributed by atoms with Crippen molar-refractivity contribution in [2.24, 2.45) is 0 Å². The Kier molecular flexibility index (Phi) is 6.21. The lowest BCUT2D eigenvalue weighted by molar-refractivity contribution is -0.509. The van der Waals surface area contributed by atoms with Crippen molar-refractivity contribution < 1.29 is 8.69 Å². The van der Waals surface area contributed by atoms with E-state index >= 15 is 0 Å². The van der Waals surface area contributed by atoms with Crippen LogP contribution in [0.1, 0.15) is 0 Å². The Bertz CT molecular complexity index is 989. The smallest absolute Gasteiger partial charge is 0.350 e. The van der Waals surface area contributed by atoms with Gasteiger partial charge in [0.15, 0.2) is 0 Å². The molecule has 0 aliphatic rings. The Labute approximate surface area is 173 Å². The number of methoxy groups -OCH3 is 1. The molecule has 1 aromatic heterocycles. The third-order valence-electron chi connectivity index (χ3n) is 3.94. The monoisotopic (exact) mass is 440 g/mol. The van der Waals surface area contributed by atoms with Crippen molar-refractivity contribution in [1.82, 2.24) is 4.98 Å². The largest absolute Gasteiger partial charge is 0.497 e. The first-order valence-electron chi connectivity index (χ1n) is 8.29. The molecule has 0 unspecified atom stereocenters. The summed E-state index contributed by atoms with van der Waals surface area (Å²) in [6, 6.07) is 28.3. The first-order valence-corrected chi connectivity index (χ1v) is 9.06. The zero-order chi connectivity index (χ0) is 17.8. The number of hydrogen-bond donors (Lipinski definition) is 1. The van der Waals surface area contributed by atoms with Crippen molar-refractivity contribution in [3.63, 3.8) is 0 Å². The van der Waals surface area contributed by atoms with Crippen molar-refractivity contribution in [3.05, 3.63) is 84.9 Å². The van der Waals surface area contributed by atoms with Gasteiger partial charge in [-0.25, -0.2) is 0 Å². The lowest BCUT2D eigenvalue weighted by Crippen LogP contribution is -2.27. The third kappa shape index (κ3) is 4.35. The second kappa shape index (κ2) is 8.79. The Morgan fingerprint density at radius 1 is 0.852 bits per heavy atom. The van der Waals surface area contributed by atoms with Gasteiger partial charge in [0.1, 0.15) is 23.0 Å². The van der Waals surface area contributed by atoms with E-state index in [9.17, 15) is 0 Å². The fraction of sp³-hybridized carbons (Fsp3) is 0.0476. The second-order valence-electron chi connectivity index (χ2n) is 5.68. The summed E-state index contributed by atoms with van der Waals surface area (Å²) in [6.45, 7) is 0. The molecule has 4 aromatic rings. The van der Waals surface area contributed by atoms with Gasteiger partial charge in [-0.1, -0.05) is 36.4 Å². The van der Waals surface area contributed by atoms with Crippen molar-refractivity contribution in [2.75, 3.05) is 12.4 Å². The summed E-state index contributed by atoms with van der Waals surface area (Å²) < 4.78 is 7.40. The molecule has 3 aromatic carbocycles. The van der Waals surface area contributed by atoms with E-state index in [0.29, 0.717) is 0 Å². The summed E-state index contributed by atoms with van der Waals surface area (Å²) in [5.41, 5.74) is 3.13. The first kappa shape index (κ1) is 19.1. The van der Waals surface area contributed by atoms with Crippen molar-refractivity contribution in [2.45, 2.75) is 0 Å². The summed E-state index contributed by atoms with van der Waals surface area (Å²) in [5, 5.41) is 4.23. The maximum Gasteiger partial charge on any atom is 0.350 e. The number of hydrogen-bond acceptors (Lipinski definition) is 4. The average molecular weight is 441 g/mol. The Hall–Kier alpha value is -2.70. The normalized spacial score (nSPS) is 10.1. The highest BCUT2D eigenvalue weighted by atomic mass is 79.9. The van der Waals surface area contributed by atoms with E-state index < -0.39 is 0 Å². The number of benzene rings is 3. The summed E-state index contributed by atoms with van der Waals surface area (Å²) in [5.74, 6) is 1.72. The van der Waals surface area contributed by atoms with Gasteiger partial charge in [0, 0.05) is 5.69 Å². The Morgan fingerprint density at radius 3 is 2.11 bits per heavy atom. The molecule has 27 heavy (non-hydrogen) atoms. The molecular formula is C21H19BrN3OS+. The molecule has 0 saturated carbocycles. The second-order valence-corrected chi connectivity index (χ2v) is 6.62. The van der Waals surface area contributed by atoms with E-state index in [0.717, 1.165) is 33.6 Å². The van der Waals surface area contributed by atoms with Crippen LogP contribution in [-0.4, -0.2) is 12.1 Å². The average Bonchev–Trinajstić information content (AvgIpc) is 3.13. The predicted molar refractivity (Wildman–Crippen MR) is 116 cm³/mol. The van der Waals surface area contributed by atoms with Gasteiger partial charge < -0.3 is 10.1 Å². The fourth-order valence-corrected chi connectivity index (χ4v) is 3.57. The molecule has 6 heteroatoms. The summed E-state index contributed by atoms with van der Waals surface area (Å²) in [6.07, 6.45) is 0. The highest BCUT2D eigenvalue weighted by Crippen LogP contribution is 2.25. The molecule has 0 aliphatic heterocycles. The van der Waals surface area contributed by atoms with Crippen LogP contribution in [-0.2, 0) is 0 Å². The summed E-state index contributed by atoms with van der Waals surface area (Å²) >= 11 is 1.58. The number of ether oxygens (including phenoxy) is 1. The van der Waals surface area contributed by atoms with Crippen molar-refractivity contribution in [1.29, 1.82) is 0 Å². The van der Waals surface area contributed by atoms with Crippen LogP contribution in [0.5, 0.6) is 5.75 Å². The first-order chi connectivity index (χ1) is 12.8. The highest BCUT2D eigenvalue weighted by molar-refractivity contribution is 8.93. The number of anilines is 2. The quantitative estimate of drug-likeness (QED) is 0.421. The molecule has 4 rings (SSSR count). The third-order valence-corrected chi connectivity index (χ3v) is 4.87. The predicted octanol–water partition coefficient (Wildman–Crippen LogP) is 5.42. The highest BCUT2D eigenvalue weighted by Gasteiger charge is 2.24. The Balaban J connectivity index is 0.00000210. The lowest BCUT2D eigenvalue weighted by Gasteiger charge is -2.00. The van der Waals surface area contributed by atoms with Crippen LogP contribution in [0.15, 0.2) is 84.9 Å². The van der Waals surface area contributed by atoms with Gasteiger partial charge >= 0.3 is 11.0 Å². The number of nitrogens with zero attached hydrogens (tertiary/aromatic N) is 2. The standard InChI is InChI=1S/C21H17N3OS.BrH/c1-25-19-14-12-16(13-15-19)20-23-21(22-17-8-4-2-5-9-17)26-24(20)18-10-6-3-7-11-18;/h2-15H,1H3;1H/p+1. The fourth-order valence-electron chi connectivity index (χ4n) is 2.65. The van der Waals surface area contributed by atoms with Crippen LogP contribution in [0.2, 0.25) is 0 Å². The molecule has 0 spiro atoms. The summed E-state index contributed by atoms with van der Waals surface area (Å²) in [4.78, 5) is 4.84. The molecule has 1 heterocycles. The minimum absolute atomic E-state index is 0.